The van der Waals surface area contributed by atoms with E-state index in [-0.39, 0.29) is 5.41 Å². The Kier molecular flexibility index (Phi) is 3.02. The van der Waals surface area contributed by atoms with Gasteiger partial charge in [-0.3, -0.25) is 0 Å². The van der Waals surface area contributed by atoms with Crippen LogP contribution in [-0.4, -0.2) is 9.78 Å². The Bertz CT molecular complexity index is 886. The van der Waals surface area contributed by atoms with E-state index in [1.165, 1.54) is 27.8 Å². The van der Waals surface area contributed by atoms with E-state index in [1.807, 2.05) is 29.2 Å². The van der Waals surface area contributed by atoms with Crippen molar-refractivity contribution in [3.8, 4) is 16.8 Å². The third-order valence-corrected chi connectivity index (χ3v) is 4.87. The lowest BCUT2D eigenvalue weighted by Gasteiger charge is -2.22. The van der Waals surface area contributed by atoms with Crippen LogP contribution in [-0.2, 0) is 11.8 Å². The Balaban J connectivity index is 1.88. The van der Waals surface area contributed by atoms with E-state index in [9.17, 15) is 0 Å². The first kappa shape index (κ1) is 14.0. The molecule has 1 aromatic heterocycles. The zero-order valence-corrected chi connectivity index (χ0v) is 13.6. The van der Waals surface area contributed by atoms with Gasteiger partial charge in [0.25, 0.3) is 0 Å². The first-order valence-corrected chi connectivity index (χ1v) is 8.00. The minimum atomic E-state index is 0.00497. The lowest BCUT2D eigenvalue weighted by Crippen LogP contribution is -2.15. The summed E-state index contributed by atoms with van der Waals surface area (Å²) >= 11 is 0. The van der Waals surface area contributed by atoms with Gasteiger partial charge in [0.1, 0.15) is 0 Å². The minimum Gasteiger partial charge on any atom is -0.241 e. The third kappa shape index (κ3) is 2.06. The Hall–Kier alpha value is -2.61. The molecule has 23 heavy (non-hydrogen) atoms. The van der Waals surface area contributed by atoms with Gasteiger partial charge >= 0.3 is 0 Å². The molecule has 0 unspecified atom stereocenters. The van der Waals surface area contributed by atoms with Crippen molar-refractivity contribution in [3.63, 3.8) is 0 Å². The van der Waals surface area contributed by atoms with E-state index >= 15 is 0 Å². The van der Waals surface area contributed by atoms with E-state index in [0.29, 0.717) is 0 Å². The smallest absolute Gasteiger partial charge is 0.0649 e. The molecule has 0 saturated carbocycles. The molecule has 2 heteroatoms. The maximum atomic E-state index is 4.35. The highest BCUT2D eigenvalue weighted by Gasteiger charge is 2.35. The van der Waals surface area contributed by atoms with Gasteiger partial charge in [0, 0.05) is 17.8 Å². The zero-order chi connectivity index (χ0) is 16.0. The van der Waals surface area contributed by atoms with Gasteiger partial charge in [-0.25, -0.2) is 4.68 Å². The van der Waals surface area contributed by atoms with Gasteiger partial charge in [-0.05, 0) is 52.4 Å². The molecule has 2 aromatic carbocycles. The molecule has 0 atom stereocenters. The number of benzene rings is 2. The third-order valence-electron chi connectivity index (χ3n) is 4.87. The van der Waals surface area contributed by atoms with Crippen molar-refractivity contribution in [2.24, 2.45) is 0 Å². The predicted molar refractivity (Wildman–Crippen MR) is 95.0 cm³/mol. The van der Waals surface area contributed by atoms with Gasteiger partial charge in [-0.2, -0.15) is 5.10 Å². The predicted octanol–water partition coefficient (Wildman–Crippen LogP) is 4.91. The molecule has 0 N–H and O–H groups in total. The molecule has 0 saturated heterocycles. The normalized spacial score (nSPS) is 14.3. The Morgan fingerprint density at radius 1 is 1.09 bits per heavy atom. The quantitative estimate of drug-likeness (QED) is 0.629. The van der Waals surface area contributed by atoms with Crippen LogP contribution in [0.15, 0.2) is 67.5 Å². The summed E-state index contributed by atoms with van der Waals surface area (Å²) in [5.74, 6) is 0. The van der Waals surface area contributed by atoms with Crippen molar-refractivity contribution in [2.75, 3.05) is 0 Å². The number of rotatable bonds is 3. The largest absolute Gasteiger partial charge is 0.241 e. The van der Waals surface area contributed by atoms with E-state index in [0.717, 1.165) is 12.1 Å². The monoisotopic (exact) mass is 300 g/mol. The van der Waals surface area contributed by atoms with Crippen LogP contribution in [0.25, 0.3) is 16.8 Å². The summed E-state index contributed by atoms with van der Waals surface area (Å²) in [6.45, 7) is 8.47. The molecule has 1 aliphatic carbocycles. The van der Waals surface area contributed by atoms with Crippen LogP contribution >= 0.6 is 0 Å². The summed E-state index contributed by atoms with van der Waals surface area (Å²) in [4.78, 5) is 0. The molecule has 3 aromatic rings. The van der Waals surface area contributed by atoms with Gasteiger partial charge in [-0.1, -0.05) is 44.2 Å². The van der Waals surface area contributed by atoms with Crippen molar-refractivity contribution < 1.29 is 0 Å². The second kappa shape index (κ2) is 4.95. The van der Waals surface area contributed by atoms with Gasteiger partial charge in [-0.15, -0.1) is 6.58 Å². The van der Waals surface area contributed by atoms with E-state index in [2.05, 4.69) is 61.9 Å². The molecule has 0 radical (unpaired) electrons. The molecule has 2 nitrogen and oxygen atoms in total. The maximum absolute atomic E-state index is 4.35. The summed E-state index contributed by atoms with van der Waals surface area (Å²) in [6.07, 6.45) is 6.68. The number of allylic oxidation sites excluding steroid dienone is 1. The second-order valence-electron chi connectivity index (χ2n) is 6.68. The summed E-state index contributed by atoms with van der Waals surface area (Å²) < 4.78 is 1.92. The number of fused-ring (bicyclic) bond motifs is 3. The van der Waals surface area contributed by atoms with Crippen LogP contribution < -0.4 is 0 Å². The van der Waals surface area contributed by atoms with Gasteiger partial charge in [0.05, 0.1) is 5.69 Å². The van der Waals surface area contributed by atoms with Crippen LogP contribution in [0, 0.1) is 0 Å². The molecular weight excluding hydrogens is 280 g/mol. The van der Waals surface area contributed by atoms with Gasteiger partial charge in [0.2, 0.25) is 0 Å². The van der Waals surface area contributed by atoms with Crippen LogP contribution in [0.1, 0.15) is 30.5 Å². The standard InChI is InChI=1S/C21H20N2/c1-4-6-15-7-9-17-18-10-8-16(23-12-5-11-22-23)14-20(18)21(2,3)19(17)13-15/h4-5,7-14H,1,6H2,2-3H3. The Labute approximate surface area is 137 Å². The summed E-state index contributed by atoms with van der Waals surface area (Å²) in [5.41, 5.74) is 7.91. The van der Waals surface area contributed by atoms with Crippen molar-refractivity contribution in [1.29, 1.82) is 0 Å². The Morgan fingerprint density at radius 2 is 1.83 bits per heavy atom. The first-order chi connectivity index (χ1) is 11.1. The van der Waals surface area contributed by atoms with E-state index in [1.54, 1.807) is 0 Å². The average Bonchev–Trinajstić information content (AvgIpc) is 3.15. The topological polar surface area (TPSA) is 17.8 Å². The van der Waals surface area contributed by atoms with Crippen molar-refractivity contribution in [2.45, 2.75) is 25.7 Å². The van der Waals surface area contributed by atoms with Gasteiger partial charge < -0.3 is 0 Å². The lowest BCUT2D eigenvalue weighted by molar-refractivity contribution is 0.658. The molecule has 0 bridgehead atoms. The zero-order valence-electron chi connectivity index (χ0n) is 13.6. The fourth-order valence-electron chi connectivity index (χ4n) is 3.63. The van der Waals surface area contributed by atoms with Crippen LogP contribution in [0.5, 0.6) is 0 Å². The fourth-order valence-corrected chi connectivity index (χ4v) is 3.63. The molecule has 1 aliphatic rings. The summed E-state index contributed by atoms with van der Waals surface area (Å²) in [7, 11) is 0. The van der Waals surface area contributed by atoms with Crippen molar-refractivity contribution >= 4 is 0 Å². The summed E-state index contributed by atoms with van der Waals surface area (Å²) in [6, 6.07) is 15.4. The van der Waals surface area contributed by atoms with Crippen molar-refractivity contribution in [1.82, 2.24) is 9.78 Å². The number of aromatic nitrogens is 2. The fraction of sp³-hybridized carbons (Fsp3) is 0.190. The molecule has 0 aliphatic heterocycles. The summed E-state index contributed by atoms with van der Waals surface area (Å²) in [5, 5.41) is 4.35. The highest BCUT2D eigenvalue weighted by atomic mass is 15.3. The van der Waals surface area contributed by atoms with Crippen molar-refractivity contribution in [3.05, 3.63) is 84.2 Å². The number of hydrogen-bond acceptors (Lipinski definition) is 1. The SMILES string of the molecule is C=CCc1ccc2c(c1)C(C)(C)c1cc(-n3cccn3)ccc1-2. The Morgan fingerprint density at radius 3 is 2.52 bits per heavy atom. The maximum Gasteiger partial charge on any atom is 0.0649 e. The lowest BCUT2D eigenvalue weighted by atomic mass is 9.81. The first-order valence-electron chi connectivity index (χ1n) is 8.00. The molecule has 0 fully saturated rings. The van der Waals surface area contributed by atoms with E-state index < -0.39 is 0 Å². The highest BCUT2D eigenvalue weighted by molar-refractivity contribution is 5.81. The van der Waals surface area contributed by atoms with Crippen LogP contribution in [0.4, 0.5) is 0 Å². The van der Waals surface area contributed by atoms with Crippen LogP contribution in [0.3, 0.4) is 0 Å². The molecule has 4 rings (SSSR count). The number of nitrogens with zero attached hydrogens (tertiary/aromatic N) is 2. The number of hydrogen-bond donors (Lipinski definition) is 0. The molecule has 1 heterocycles. The second-order valence-corrected chi connectivity index (χ2v) is 6.68. The van der Waals surface area contributed by atoms with Gasteiger partial charge in [0.15, 0.2) is 0 Å². The average molecular weight is 300 g/mol. The molecule has 114 valence electrons. The van der Waals surface area contributed by atoms with Crippen LogP contribution in [0.2, 0.25) is 0 Å². The molecule has 0 amide bonds. The van der Waals surface area contributed by atoms with E-state index in [4.69, 9.17) is 0 Å². The molecule has 0 spiro atoms. The molecular formula is C21H20N2. The minimum absolute atomic E-state index is 0.00497. The highest BCUT2D eigenvalue weighted by Crippen LogP contribution is 2.49.